The highest BCUT2D eigenvalue weighted by molar-refractivity contribution is 6.13. The van der Waals surface area contributed by atoms with Crippen LogP contribution in [0.1, 0.15) is 0 Å². The Hall–Kier alpha value is -9.50. The summed E-state index contributed by atoms with van der Waals surface area (Å²) >= 11 is 0. The molecule has 12 aromatic carbocycles. The summed E-state index contributed by atoms with van der Waals surface area (Å²) in [4.78, 5) is 0. The topological polar surface area (TPSA) is 9.86 Å². The fourth-order valence-electron chi connectivity index (χ4n) is 11.2. The van der Waals surface area contributed by atoms with E-state index in [2.05, 4.69) is 288 Å². The predicted molar refractivity (Wildman–Crippen MR) is 305 cm³/mol. The van der Waals surface area contributed by atoms with Crippen LogP contribution in [-0.4, -0.2) is 9.13 Å². The number of hydrogen-bond acceptors (Lipinski definition) is 0. The van der Waals surface area contributed by atoms with Crippen LogP contribution in [0.5, 0.6) is 0 Å². The second-order valence-electron chi connectivity index (χ2n) is 18.9. The Bertz CT molecular complexity index is 3840. The molecular weight excluding hydrogens is 869 g/mol. The molecule has 0 radical (unpaired) electrons. The molecule has 0 amide bonds. The van der Waals surface area contributed by atoms with Gasteiger partial charge in [-0.1, -0.05) is 206 Å². The van der Waals surface area contributed by atoms with Gasteiger partial charge in [-0.2, -0.15) is 0 Å². The van der Waals surface area contributed by atoms with Crippen molar-refractivity contribution in [3.05, 3.63) is 279 Å². The second kappa shape index (κ2) is 17.2. The lowest BCUT2D eigenvalue weighted by molar-refractivity contribution is 1.18. The Morgan fingerprint density at radius 2 is 0.417 bits per heavy atom. The van der Waals surface area contributed by atoms with Crippen molar-refractivity contribution < 1.29 is 0 Å². The average Bonchev–Trinajstić information content (AvgIpc) is 3.97. The first-order valence-electron chi connectivity index (χ1n) is 24.8. The quantitative estimate of drug-likeness (QED) is 0.144. The molecule has 0 aliphatic rings. The van der Waals surface area contributed by atoms with E-state index in [1.54, 1.807) is 0 Å². The molecule has 0 unspecified atom stereocenters. The molecule has 14 aromatic rings. The van der Waals surface area contributed by atoms with Crippen molar-refractivity contribution >= 4 is 54.4 Å². The zero-order valence-corrected chi connectivity index (χ0v) is 39.5. The number of aromatic nitrogens is 2. The SMILES string of the molecule is c1ccc(-c2ccc3c(c2)c2cc(-c4ccccc4)ccc2n3-c2ccc(-c3ccc(-c4ccc(-n5c6ccc(-c7ccccc7)cc6c6cc(-c7ccccc7)ccc65)cc4)c4ccccc34)cc2)cc1. The molecule has 72 heavy (non-hydrogen) atoms. The van der Waals surface area contributed by atoms with Gasteiger partial charge >= 0.3 is 0 Å². The molecule has 0 saturated carbocycles. The summed E-state index contributed by atoms with van der Waals surface area (Å²) in [6, 6.07) is 102. The molecule has 0 N–H and O–H groups in total. The number of nitrogens with zero attached hydrogens (tertiary/aromatic N) is 2. The Kier molecular flexibility index (Phi) is 9.89. The average molecular weight is 915 g/mol. The van der Waals surface area contributed by atoms with Crippen LogP contribution in [-0.2, 0) is 0 Å². The zero-order valence-electron chi connectivity index (χ0n) is 39.5. The van der Waals surface area contributed by atoms with Crippen LogP contribution in [0.2, 0.25) is 0 Å². The van der Waals surface area contributed by atoms with E-state index in [1.165, 1.54) is 121 Å². The van der Waals surface area contributed by atoms with Crippen molar-refractivity contribution in [2.75, 3.05) is 0 Å². The minimum atomic E-state index is 1.14. The fourth-order valence-corrected chi connectivity index (χ4v) is 11.2. The van der Waals surface area contributed by atoms with E-state index < -0.39 is 0 Å². The van der Waals surface area contributed by atoms with Crippen molar-refractivity contribution in [2.24, 2.45) is 0 Å². The molecule has 14 rings (SSSR count). The Morgan fingerprint density at radius 3 is 0.694 bits per heavy atom. The van der Waals surface area contributed by atoms with E-state index in [4.69, 9.17) is 0 Å². The largest absolute Gasteiger partial charge is 0.309 e. The standard InChI is InChI=1S/C70H46N2/c1-5-15-47(16-6-1)53-29-39-67-63(43-53)64-44-54(48-17-7-2-8-18-48)30-40-68(64)71(67)57-33-25-51(26-34-57)59-37-38-60(62-24-14-13-23-61(59)62)52-27-35-58(36-28-52)72-69-41-31-55(49-19-9-3-10-20-49)45-65(69)66-46-56(32-42-70(66)72)50-21-11-4-12-22-50/h1-46H. The zero-order chi connectivity index (χ0) is 47.5. The summed E-state index contributed by atoms with van der Waals surface area (Å²) in [6.45, 7) is 0. The summed E-state index contributed by atoms with van der Waals surface area (Å²) < 4.78 is 4.85. The van der Waals surface area contributed by atoms with E-state index >= 15 is 0 Å². The minimum Gasteiger partial charge on any atom is -0.309 e. The van der Waals surface area contributed by atoms with Crippen molar-refractivity contribution in [3.63, 3.8) is 0 Å². The number of hydrogen-bond donors (Lipinski definition) is 0. The van der Waals surface area contributed by atoms with E-state index in [0.717, 1.165) is 11.4 Å². The molecule has 2 aromatic heterocycles. The molecule has 0 saturated heterocycles. The highest BCUT2D eigenvalue weighted by Gasteiger charge is 2.18. The normalized spacial score (nSPS) is 11.6. The van der Waals surface area contributed by atoms with E-state index in [0.29, 0.717) is 0 Å². The van der Waals surface area contributed by atoms with Crippen molar-refractivity contribution in [3.8, 4) is 78.1 Å². The summed E-state index contributed by atoms with van der Waals surface area (Å²) in [6.07, 6.45) is 0. The molecule has 0 spiro atoms. The maximum absolute atomic E-state index is 2.42. The van der Waals surface area contributed by atoms with Gasteiger partial charge in [0.05, 0.1) is 22.1 Å². The van der Waals surface area contributed by atoms with Gasteiger partial charge in [0.25, 0.3) is 0 Å². The third-order valence-electron chi connectivity index (χ3n) is 14.8. The lowest BCUT2D eigenvalue weighted by atomic mass is 9.92. The van der Waals surface area contributed by atoms with E-state index in [-0.39, 0.29) is 0 Å². The third-order valence-corrected chi connectivity index (χ3v) is 14.8. The van der Waals surface area contributed by atoms with Crippen LogP contribution < -0.4 is 0 Å². The minimum absolute atomic E-state index is 1.14. The molecule has 0 bridgehead atoms. The van der Waals surface area contributed by atoms with Gasteiger partial charge < -0.3 is 9.13 Å². The number of fused-ring (bicyclic) bond motifs is 7. The van der Waals surface area contributed by atoms with Gasteiger partial charge in [0.2, 0.25) is 0 Å². The van der Waals surface area contributed by atoms with Crippen molar-refractivity contribution in [1.82, 2.24) is 9.13 Å². The Balaban J connectivity index is 0.829. The van der Waals surface area contributed by atoms with Crippen LogP contribution >= 0.6 is 0 Å². The van der Waals surface area contributed by atoms with Crippen LogP contribution in [0.4, 0.5) is 0 Å². The maximum atomic E-state index is 2.42. The molecule has 2 nitrogen and oxygen atoms in total. The van der Waals surface area contributed by atoms with Crippen LogP contribution in [0.25, 0.3) is 133 Å². The molecule has 0 aliphatic heterocycles. The molecule has 0 aliphatic carbocycles. The van der Waals surface area contributed by atoms with Gasteiger partial charge in [-0.05, 0) is 150 Å². The molecule has 0 atom stereocenters. The first-order valence-corrected chi connectivity index (χ1v) is 24.8. The number of benzene rings is 12. The maximum Gasteiger partial charge on any atom is 0.0541 e. The summed E-state index contributed by atoms with van der Waals surface area (Å²) in [7, 11) is 0. The summed E-state index contributed by atoms with van der Waals surface area (Å²) in [5.41, 5.74) is 21.6. The molecule has 2 heteroatoms. The van der Waals surface area contributed by atoms with Gasteiger partial charge in [0.1, 0.15) is 0 Å². The Morgan fingerprint density at radius 1 is 0.167 bits per heavy atom. The highest BCUT2D eigenvalue weighted by atomic mass is 15.0. The summed E-state index contributed by atoms with van der Waals surface area (Å²) in [5, 5.41) is 7.44. The first kappa shape index (κ1) is 41.5. The first-order chi connectivity index (χ1) is 35.7. The molecular formula is C70H46N2. The third kappa shape index (κ3) is 7.03. The van der Waals surface area contributed by atoms with Gasteiger partial charge in [-0.15, -0.1) is 0 Å². The predicted octanol–water partition coefficient (Wildman–Crippen LogP) is 19.0. The van der Waals surface area contributed by atoms with Gasteiger partial charge in [0.15, 0.2) is 0 Å². The monoisotopic (exact) mass is 914 g/mol. The van der Waals surface area contributed by atoms with Gasteiger partial charge in [-0.3, -0.25) is 0 Å². The lowest BCUT2D eigenvalue weighted by Gasteiger charge is -2.14. The van der Waals surface area contributed by atoms with Gasteiger partial charge in [-0.25, -0.2) is 0 Å². The highest BCUT2D eigenvalue weighted by Crippen LogP contribution is 2.42. The Labute approximate surface area is 418 Å². The van der Waals surface area contributed by atoms with Crippen molar-refractivity contribution in [1.29, 1.82) is 0 Å². The van der Waals surface area contributed by atoms with Crippen molar-refractivity contribution in [2.45, 2.75) is 0 Å². The molecule has 2 heterocycles. The lowest BCUT2D eigenvalue weighted by Crippen LogP contribution is -1.95. The second-order valence-corrected chi connectivity index (χ2v) is 18.9. The van der Waals surface area contributed by atoms with Crippen LogP contribution in [0.3, 0.4) is 0 Å². The van der Waals surface area contributed by atoms with E-state index in [1.807, 2.05) is 0 Å². The number of rotatable bonds is 8. The summed E-state index contributed by atoms with van der Waals surface area (Å²) in [5.74, 6) is 0. The fraction of sp³-hybridized carbons (Fsp3) is 0. The van der Waals surface area contributed by atoms with Crippen LogP contribution in [0, 0.1) is 0 Å². The van der Waals surface area contributed by atoms with Crippen LogP contribution in [0.15, 0.2) is 279 Å². The smallest absolute Gasteiger partial charge is 0.0541 e. The van der Waals surface area contributed by atoms with E-state index in [9.17, 15) is 0 Å². The molecule has 336 valence electrons. The van der Waals surface area contributed by atoms with Gasteiger partial charge in [0, 0.05) is 32.9 Å². The molecule has 0 fully saturated rings.